The third-order valence-electron chi connectivity index (χ3n) is 8.06. The molecule has 33 heavy (non-hydrogen) atoms. The van der Waals surface area contributed by atoms with Gasteiger partial charge in [0.2, 0.25) is 0 Å². The minimum atomic E-state index is -0.672. The first-order chi connectivity index (χ1) is 15.5. The molecule has 7 heteroatoms. The Morgan fingerprint density at radius 1 is 1.12 bits per heavy atom. The summed E-state index contributed by atoms with van der Waals surface area (Å²) in [5.41, 5.74) is 1.08. The lowest BCUT2D eigenvalue weighted by Gasteiger charge is -2.63. The van der Waals surface area contributed by atoms with Crippen LogP contribution < -0.4 is 0 Å². The van der Waals surface area contributed by atoms with Gasteiger partial charge in [-0.1, -0.05) is 25.5 Å². The van der Waals surface area contributed by atoms with Gasteiger partial charge in [-0.2, -0.15) is 0 Å². The fourth-order valence-electron chi connectivity index (χ4n) is 6.29. The zero-order valence-corrected chi connectivity index (χ0v) is 20.5. The SMILES string of the molecule is CC(=O)OC[C@]1(CCc2ccoc2)[C@H](C)[C@H](OC(C)=O)[C@H](OC(C)=O)[C@@]2(C)C(C)=CCC[C@H]12. The zero-order chi connectivity index (χ0) is 24.4. The smallest absolute Gasteiger partial charge is 0.303 e. The van der Waals surface area contributed by atoms with Crippen LogP contribution in [0.1, 0.15) is 66.4 Å². The number of aryl methyl sites for hydroxylation is 1. The molecule has 182 valence electrons. The van der Waals surface area contributed by atoms with Crippen LogP contribution in [0.2, 0.25) is 0 Å². The van der Waals surface area contributed by atoms with Crippen LogP contribution >= 0.6 is 0 Å². The molecule has 0 aliphatic heterocycles. The molecule has 1 aromatic heterocycles. The summed E-state index contributed by atoms with van der Waals surface area (Å²) in [4.78, 5) is 36.3. The van der Waals surface area contributed by atoms with Gasteiger partial charge in [-0.3, -0.25) is 14.4 Å². The van der Waals surface area contributed by atoms with Crippen LogP contribution in [0.25, 0.3) is 0 Å². The number of carbonyl (C=O) groups excluding carboxylic acids is 3. The third kappa shape index (κ3) is 4.73. The van der Waals surface area contributed by atoms with Crippen molar-refractivity contribution in [1.29, 1.82) is 0 Å². The third-order valence-corrected chi connectivity index (χ3v) is 8.06. The average Bonchev–Trinajstić information content (AvgIpc) is 3.25. The number of rotatable bonds is 7. The van der Waals surface area contributed by atoms with E-state index in [9.17, 15) is 14.4 Å². The highest BCUT2D eigenvalue weighted by molar-refractivity contribution is 5.68. The van der Waals surface area contributed by atoms with Gasteiger partial charge in [-0.25, -0.2) is 0 Å². The molecule has 1 saturated carbocycles. The Kier molecular flexibility index (Phi) is 7.39. The van der Waals surface area contributed by atoms with Crippen LogP contribution in [-0.2, 0) is 35.0 Å². The van der Waals surface area contributed by atoms with E-state index in [1.807, 2.05) is 13.0 Å². The molecule has 3 rings (SSSR count). The van der Waals surface area contributed by atoms with E-state index in [1.165, 1.54) is 20.8 Å². The molecule has 2 aliphatic rings. The second-order valence-corrected chi connectivity index (χ2v) is 9.84. The van der Waals surface area contributed by atoms with E-state index >= 15 is 0 Å². The maximum absolute atomic E-state index is 12.2. The second-order valence-electron chi connectivity index (χ2n) is 9.84. The number of furan rings is 1. The normalized spacial score (nSPS) is 33.5. The molecule has 0 unspecified atom stereocenters. The lowest BCUT2D eigenvalue weighted by Crippen LogP contribution is -2.66. The summed E-state index contributed by atoms with van der Waals surface area (Å²) in [7, 11) is 0. The van der Waals surface area contributed by atoms with Gasteiger partial charge in [-0.05, 0) is 50.2 Å². The van der Waals surface area contributed by atoms with Crippen molar-refractivity contribution in [2.75, 3.05) is 6.61 Å². The van der Waals surface area contributed by atoms with Crippen LogP contribution in [0.4, 0.5) is 0 Å². The van der Waals surface area contributed by atoms with Crippen molar-refractivity contribution in [3.63, 3.8) is 0 Å². The number of hydrogen-bond donors (Lipinski definition) is 0. The summed E-state index contributed by atoms with van der Waals surface area (Å²) in [5, 5.41) is 0. The van der Waals surface area contributed by atoms with E-state index in [2.05, 4.69) is 19.9 Å². The average molecular weight is 461 g/mol. The molecule has 0 bridgehead atoms. The number of esters is 3. The predicted octanol–water partition coefficient (Wildman–Crippen LogP) is 4.64. The molecule has 0 radical (unpaired) electrons. The van der Waals surface area contributed by atoms with Gasteiger partial charge in [0.15, 0.2) is 0 Å². The van der Waals surface area contributed by atoms with Gasteiger partial charge >= 0.3 is 17.9 Å². The number of carbonyl (C=O) groups is 3. The molecule has 0 amide bonds. The first kappa shape index (κ1) is 25.1. The van der Waals surface area contributed by atoms with Gasteiger partial charge in [0, 0.05) is 37.5 Å². The number of hydrogen-bond acceptors (Lipinski definition) is 7. The first-order valence-electron chi connectivity index (χ1n) is 11.7. The van der Waals surface area contributed by atoms with Crippen molar-refractivity contribution in [2.24, 2.45) is 22.7 Å². The van der Waals surface area contributed by atoms with Crippen molar-refractivity contribution in [1.82, 2.24) is 0 Å². The van der Waals surface area contributed by atoms with Gasteiger partial charge in [0.25, 0.3) is 0 Å². The van der Waals surface area contributed by atoms with Crippen molar-refractivity contribution in [3.8, 4) is 0 Å². The van der Waals surface area contributed by atoms with Crippen molar-refractivity contribution >= 4 is 17.9 Å². The number of allylic oxidation sites excluding steroid dienone is 1. The number of fused-ring (bicyclic) bond motifs is 1. The second kappa shape index (κ2) is 9.74. The highest BCUT2D eigenvalue weighted by atomic mass is 16.6. The first-order valence-corrected chi connectivity index (χ1v) is 11.7. The Balaban J connectivity index is 2.16. The molecule has 0 spiro atoms. The van der Waals surface area contributed by atoms with Crippen LogP contribution in [0.5, 0.6) is 0 Å². The Labute approximate surface area is 195 Å². The van der Waals surface area contributed by atoms with Crippen LogP contribution in [-0.4, -0.2) is 36.7 Å². The highest BCUT2D eigenvalue weighted by Crippen LogP contribution is 2.63. The maximum atomic E-state index is 12.2. The maximum Gasteiger partial charge on any atom is 0.303 e. The topological polar surface area (TPSA) is 92.0 Å². The van der Waals surface area contributed by atoms with Gasteiger partial charge < -0.3 is 18.6 Å². The minimum Gasteiger partial charge on any atom is -0.472 e. The summed E-state index contributed by atoms with van der Waals surface area (Å²) < 4.78 is 22.7. The van der Waals surface area contributed by atoms with E-state index in [4.69, 9.17) is 18.6 Å². The van der Waals surface area contributed by atoms with Gasteiger partial charge in [0.05, 0.1) is 19.1 Å². The molecular weight excluding hydrogens is 424 g/mol. The number of ether oxygens (including phenoxy) is 3. The van der Waals surface area contributed by atoms with Crippen LogP contribution in [0, 0.1) is 22.7 Å². The van der Waals surface area contributed by atoms with E-state index in [0.29, 0.717) is 6.42 Å². The van der Waals surface area contributed by atoms with Crippen molar-refractivity contribution < 1.29 is 33.0 Å². The lowest BCUT2D eigenvalue weighted by atomic mass is 9.44. The Bertz CT molecular complexity index is 902. The molecule has 0 aromatic carbocycles. The van der Waals surface area contributed by atoms with E-state index in [1.54, 1.807) is 12.5 Å². The van der Waals surface area contributed by atoms with E-state index < -0.39 is 35.0 Å². The summed E-state index contributed by atoms with van der Waals surface area (Å²) in [6, 6.07) is 1.93. The van der Waals surface area contributed by atoms with Crippen molar-refractivity contribution in [3.05, 3.63) is 35.8 Å². The molecule has 1 aromatic rings. The minimum absolute atomic E-state index is 0.0485. The summed E-state index contributed by atoms with van der Waals surface area (Å²) in [6.45, 7) is 10.5. The fraction of sp³-hybridized carbons (Fsp3) is 0.654. The quantitative estimate of drug-likeness (QED) is 0.333. The van der Waals surface area contributed by atoms with Gasteiger partial charge in [0.1, 0.15) is 12.2 Å². The lowest BCUT2D eigenvalue weighted by molar-refractivity contribution is -0.233. The molecular formula is C26H36O7. The molecule has 6 atom stereocenters. The highest BCUT2D eigenvalue weighted by Gasteiger charge is 2.65. The zero-order valence-electron chi connectivity index (χ0n) is 20.5. The Hall–Kier alpha value is -2.57. The Morgan fingerprint density at radius 3 is 2.39 bits per heavy atom. The molecule has 1 fully saturated rings. The van der Waals surface area contributed by atoms with E-state index in [-0.39, 0.29) is 24.4 Å². The molecule has 7 nitrogen and oxygen atoms in total. The van der Waals surface area contributed by atoms with Crippen LogP contribution in [0.3, 0.4) is 0 Å². The Morgan fingerprint density at radius 2 is 1.82 bits per heavy atom. The predicted molar refractivity (Wildman–Crippen MR) is 121 cm³/mol. The molecule has 1 heterocycles. The summed E-state index contributed by atoms with van der Waals surface area (Å²) in [5.74, 6) is -1.36. The van der Waals surface area contributed by atoms with Crippen LogP contribution in [0.15, 0.2) is 34.7 Å². The molecule has 0 saturated heterocycles. The van der Waals surface area contributed by atoms with E-state index in [0.717, 1.165) is 30.4 Å². The summed E-state index contributed by atoms with van der Waals surface area (Å²) in [6.07, 6.45) is 7.43. The van der Waals surface area contributed by atoms with Gasteiger partial charge in [-0.15, -0.1) is 0 Å². The van der Waals surface area contributed by atoms with Crippen molar-refractivity contribution in [2.45, 2.75) is 79.4 Å². The summed E-state index contributed by atoms with van der Waals surface area (Å²) >= 11 is 0. The standard InChI is InChI=1S/C26H36O7/c1-16-8-7-9-22-25(16,6)24(33-20(5)29)23(32-19(4)28)17(2)26(22,15-31-18(3)27)12-10-21-11-13-30-14-21/h8,11,13-14,17,22-24H,7,9-10,12,15H2,1-6H3/t17-,22+,23+,24+,25+,26-/m1/s1. The fourth-order valence-corrected chi connectivity index (χ4v) is 6.29. The largest absolute Gasteiger partial charge is 0.472 e. The monoisotopic (exact) mass is 460 g/mol. The molecule has 0 N–H and O–H groups in total. The molecule has 2 aliphatic carbocycles.